The van der Waals surface area contributed by atoms with Crippen molar-refractivity contribution in [3.63, 3.8) is 0 Å². The first-order chi connectivity index (χ1) is 9.52. The number of anilines is 2. The lowest BCUT2D eigenvalue weighted by molar-refractivity contribution is -0.384. The van der Waals surface area contributed by atoms with Gasteiger partial charge in [0.15, 0.2) is 5.69 Å². The Labute approximate surface area is 116 Å². The molecule has 0 atom stereocenters. The Kier molecular flexibility index (Phi) is 3.79. The topological polar surface area (TPSA) is 84.2 Å². The standard InChI is InChI=1S/C13H15N5O2/c1-14-13-15-8-11(18(19)20)12(16-13)9-4-6-10(7-5-9)17(2)3/h4-8H,1-3H3,(H,14,15,16). The molecule has 0 amide bonds. The molecule has 0 aliphatic heterocycles. The third kappa shape index (κ3) is 2.66. The molecular formula is C13H15N5O2. The summed E-state index contributed by atoms with van der Waals surface area (Å²) in [5.74, 6) is 0.349. The lowest BCUT2D eigenvalue weighted by atomic mass is 10.1. The van der Waals surface area contributed by atoms with Gasteiger partial charge in [-0.15, -0.1) is 0 Å². The summed E-state index contributed by atoms with van der Waals surface area (Å²) in [6.45, 7) is 0. The van der Waals surface area contributed by atoms with Gasteiger partial charge < -0.3 is 10.2 Å². The third-order valence-corrected chi connectivity index (χ3v) is 2.85. The van der Waals surface area contributed by atoms with E-state index < -0.39 is 4.92 Å². The number of hydrogen-bond donors (Lipinski definition) is 1. The number of hydrogen-bond acceptors (Lipinski definition) is 6. The molecule has 104 valence electrons. The monoisotopic (exact) mass is 273 g/mol. The first-order valence-corrected chi connectivity index (χ1v) is 6.00. The van der Waals surface area contributed by atoms with Crippen LogP contribution < -0.4 is 10.2 Å². The number of nitrogens with zero attached hydrogens (tertiary/aromatic N) is 4. The number of nitro groups is 1. The molecule has 2 rings (SSSR count). The molecule has 0 unspecified atom stereocenters. The van der Waals surface area contributed by atoms with Gasteiger partial charge in [-0.25, -0.2) is 9.97 Å². The largest absolute Gasteiger partial charge is 0.378 e. The maximum atomic E-state index is 11.1. The summed E-state index contributed by atoms with van der Waals surface area (Å²) in [4.78, 5) is 20.6. The predicted molar refractivity (Wildman–Crippen MR) is 78.0 cm³/mol. The molecule has 1 aromatic carbocycles. The second-order valence-corrected chi connectivity index (χ2v) is 4.38. The number of nitrogens with one attached hydrogen (secondary N) is 1. The van der Waals surface area contributed by atoms with Gasteiger partial charge in [0.25, 0.3) is 0 Å². The fourth-order valence-electron chi connectivity index (χ4n) is 1.76. The van der Waals surface area contributed by atoms with Gasteiger partial charge >= 0.3 is 5.69 Å². The van der Waals surface area contributed by atoms with Gasteiger partial charge in [-0.2, -0.15) is 0 Å². The fraction of sp³-hybridized carbons (Fsp3) is 0.231. The minimum absolute atomic E-state index is 0.110. The summed E-state index contributed by atoms with van der Waals surface area (Å²) in [5, 5.41) is 13.8. The predicted octanol–water partition coefficient (Wildman–Crippen LogP) is 2.16. The molecule has 0 spiro atoms. The number of rotatable bonds is 4. The van der Waals surface area contributed by atoms with E-state index in [0.29, 0.717) is 17.2 Å². The third-order valence-electron chi connectivity index (χ3n) is 2.85. The summed E-state index contributed by atoms with van der Waals surface area (Å²) in [7, 11) is 5.53. The Hall–Kier alpha value is -2.70. The lowest BCUT2D eigenvalue weighted by Gasteiger charge is -2.12. The summed E-state index contributed by atoms with van der Waals surface area (Å²) >= 11 is 0. The van der Waals surface area contributed by atoms with Crippen LogP contribution in [-0.4, -0.2) is 36.0 Å². The zero-order chi connectivity index (χ0) is 14.7. The first kappa shape index (κ1) is 13.7. The summed E-state index contributed by atoms with van der Waals surface area (Å²) in [6, 6.07) is 7.40. The first-order valence-electron chi connectivity index (χ1n) is 6.00. The van der Waals surface area contributed by atoms with E-state index >= 15 is 0 Å². The second kappa shape index (κ2) is 5.52. The normalized spacial score (nSPS) is 10.2. The molecular weight excluding hydrogens is 258 g/mol. The van der Waals surface area contributed by atoms with Crippen LogP contribution in [0.4, 0.5) is 17.3 Å². The molecule has 0 aliphatic carbocycles. The Morgan fingerprint density at radius 2 is 1.90 bits per heavy atom. The van der Waals surface area contributed by atoms with Crippen LogP contribution in [0.3, 0.4) is 0 Å². The van der Waals surface area contributed by atoms with Crippen molar-refractivity contribution in [2.45, 2.75) is 0 Å². The van der Waals surface area contributed by atoms with Gasteiger partial charge in [0, 0.05) is 32.4 Å². The van der Waals surface area contributed by atoms with Crippen LogP contribution in [0.5, 0.6) is 0 Å². The second-order valence-electron chi connectivity index (χ2n) is 4.38. The van der Waals surface area contributed by atoms with Gasteiger partial charge in [0.05, 0.1) is 4.92 Å². The quantitative estimate of drug-likeness (QED) is 0.678. The van der Waals surface area contributed by atoms with Gasteiger partial charge in [-0.3, -0.25) is 10.1 Å². The summed E-state index contributed by atoms with van der Waals surface area (Å²) in [6.07, 6.45) is 1.22. The molecule has 0 aliphatic rings. The van der Waals surface area contributed by atoms with E-state index in [1.165, 1.54) is 6.20 Å². The summed E-state index contributed by atoms with van der Waals surface area (Å²) < 4.78 is 0. The van der Waals surface area contributed by atoms with Crippen molar-refractivity contribution in [3.8, 4) is 11.3 Å². The van der Waals surface area contributed by atoms with E-state index in [9.17, 15) is 10.1 Å². The van der Waals surface area contributed by atoms with Gasteiger partial charge in [0.2, 0.25) is 5.95 Å². The average molecular weight is 273 g/mol. The minimum Gasteiger partial charge on any atom is -0.378 e. The lowest BCUT2D eigenvalue weighted by Crippen LogP contribution is -2.08. The van der Waals surface area contributed by atoms with Crippen LogP contribution in [-0.2, 0) is 0 Å². The minimum atomic E-state index is -0.478. The van der Waals surface area contributed by atoms with Crippen molar-refractivity contribution in [2.75, 3.05) is 31.4 Å². The Bertz CT molecular complexity index is 625. The molecule has 2 aromatic rings. The molecule has 0 fully saturated rings. The van der Waals surface area contributed by atoms with Gasteiger partial charge in [-0.1, -0.05) is 12.1 Å². The highest BCUT2D eigenvalue weighted by atomic mass is 16.6. The van der Waals surface area contributed by atoms with Crippen molar-refractivity contribution in [2.24, 2.45) is 0 Å². The molecule has 1 N–H and O–H groups in total. The van der Waals surface area contributed by atoms with Gasteiger partial charge in [0.1, 0.15) is 6.20 Å². The van der Waals surface area contributed by atoms with E-state index in [1.54, 1.807) is 7.05 Å². The SMILES string of the molecule is CNc1ncc([N+](=O)[O-])c(-c2ccc(N(C)C)cc2)n1. The molecule has 7 nitrogen and oxygen atoms in total. The van der Waals surface area contributed by atoms with Crippen molar-refractivity contribution in [3.05, 3.63) is 40.6 Å². The van der Waals surface area contributed by atoms with Crippen LogP contribution in [0.2, 0.25) is 0 Å². The molecule has 7 heteroatoms. The van der Waals surface area contributed by atoms with Crippen molar-refractivity contribution in [1.82, 2.24) is 9.97 Å². The van der Waals surface area contributed by atoms with Crippen LogP contribution in [0.25, 0.3) is 11.3 Å². The van der Waals surface area contributed by atoms with E-state index in [2.05, 4.69) is 15.3 Å². The molecule has 0 radical (unpaired) electrons. The number of benzene rings is 1. The van der Waals surface area contributed by atoms with E-state index in [-0.39, 0.29) is 5.69 Å². The highest BCUT2D eigenvalue weighted by Crippen LogP contribution is 2.29. The maximum Gasteiger partial charge on any atom is 0.313 e. The molecule has 1 heterocycles. The van der Waals surface area contributed by atoms with Crippen LogP contribution in [0, 0.1) is 10.1 Å². The molecule has 0 bridgehead atoms. The Morgan fingerprint density at radius 3 is 2.40 bits per heavy atom. The van der Waals surface area contributed by atoms with Crippen molar-refractivity contribution in [1.29, 1.82) is 0 Å². The molecule has 20 heavy (non-hydrogen) atoms. The maximum absolute atomic E-state index is 11.1. The molecule has 0 saturated carbocycles. The van der Waals surface area contributed by atoms with Gasteiger partial charge in [-0.05, 0) is 12.1 Å². The Morgan fingerprint density at radius 1 is 1.25 bits per heavy atom. The molecule has 0 saturated heterocycles. The van der Waals surface area contributed by atoms with E-state index in [0.717, 1.165) is 5.69 Å². The zero-order valence-electron chi connectivity index (χ0n) is 11.5. The summed E-state index contributed by atoms with van der Waals surface area (Å²) in [5.41, 5.74) is 1.89. The number of aromatic nitrogens is 2. The highest BCUT2D eigenvalue weighted by molar-refractivity contribution is 5.71. The average Bonchev–Trinajstić information content (AvgIpc) is 2.46. The fourth-order valence-corrected chi connectivity index (χ4v) is 1.76. The highest BCUT2D eigenvalue weighted by Gasteiger charge is 2.18. The smallest absolute Gasteiger partial charge is 0.313 e. The van der Waals surface area contributed by atoms with Crippen LogP contribution in [0.1, 0.15) is 0 Å². The van der Waals surface area contributed by atoms with E-state index in [1.807, 2.05) is 43.3 Å². The van der Waals surface area contributed by atoms with Crippen LogP contribution in [0.15, 0.2) is 30.5 Å². The van der Waals surface area contributed by atoms with Crippen LogP contribution >= 0.6 is 0 Å². The van der Waals surface area contributed by atoms with Crippen molar-refractivity contribution < 1.29 is 4.92 Å². The van der Waals surface area contributed by atoms with E-state index in [4.69, 9.17) is 0 Å². The molecule has 1 aromatic heterocycles. The van der Waals surface area contributed by atoms with Crippen molar-refractivity contribution >= 4 is 17.3 Å². The zero-order valence-corrected chi connectivity index (χ0v) is 11.5. The Balaban J connectivity index is 2.52.